The van der Waals surface area contributed by atoms with Gasteiger partial charge in [0.05, 0.1) is 26.2 Å². The summed E-state index contributed by atoms with van der Waals surface area (Å²) >= 11 is 0. The Labute approximate surface area is 110 Å². The molecule has 18 heavy (non-hydrogen) atoms. The average Bonchev–Trinajstić information content (AvgIpc) is 2.36. The first kappa shape index (κ1) is 13.4. The van der Waals surface area contributed by atoms with Crippen molar-refractivity contribution in [1.29, 1.82) is 0 Å². The second-order valence-electron chi connectivity index (χ2n) is 5.62. The number of aryl methyl sites for hydroxylation is 2. The topological polar surface area (TPSA) is 41.3 Å². The summed E-state index contributed by atoms with van der Waals surface area (Å²) in [6, 6.07) is 5.13. The number of methoxy groups -OCH3 is 1. The zero-order valence-electron chi connectivity index (χ0n) is 11.9. The van der Waals surface area contributed by atoms with E-state index in [0.29, 0.717) is 6.04 Å². The van der Waals surface area contributed by atoms with E-state index in [1.165, 1.54) is 42.6 Å². The molecule has 0 aromatic heterocycles. The summed E-state index contributed by atoms with van der Waals surface area (Å²) in [5, 5.41) is 0. The van der Waals surface area contributed by atoms with Gasteiger partial charge in [-0.2, -0.15) is 0 Å². The van der Waals surface area contributed by atoms with Crippen LogP contribution in [0.3, 0.4) is 0 Å². The molecule has 0 radical (unpaired) electrons. The molecule has 1 aliphatic rings. The number of likely N-dealkylation sites (tertiary alicyclic amines) is 1. The third-order valence-electron chi connectivity index (χ3n) is 4.11. The normalized spacial score (nSPS) is 24.0. The van der Waals surface area contributed by atoms with Crippen molar-refractivity contribution >= 4 is 0 Å². The minimum atomic E-state index is 0.674. The van der Waals surface area contributed by atoms with Gasteiger partial charge in [-0.3, -0.25) is 0 Å². The van der Waals surface area contributed by atoms with Crippen molar-refractivity contribution in [3.8, 4) is 5.75 Å². The zero-order chi connectivity index (χ0) is 13.1. The van der Waals surface area contributed by atoms with Crippen molar-refractivity contribution in [3.63, 3.8) is 0 Å². The molecule has 0 atom stereocenters. The van der Waals surface area contributed by atoms with Crippen molar-refractivity contribution in [1.82, 2.24) is 0 Å². The standard InChI is InChI=1S/C15H24N2O/c1-11-9-15(18-3)12(2)8-13(11)10-17-6-4-14(16)5-7-17/h8-9,14H,4-7,10,16H2,1-3H3/p+2. The van der Waals surface area contributed by atoms with E-state index in [2.05, 4.69) is 31.7 Å². The van der Waals surface area contributed by atoms with Gasteiger partial charge in [0, 0.05) is 18.4 Å². The minimum absolute atomic E-state index is 0.674. The molecular formula is C15H26N2O+2. The third kappa shape index (κ3) is 3.03. The van der Waals surface area contributed by atoms with Crippen LogP contribution >= 0.6 is 0 Å². The van der Waals surface area contributed by atoms with Crippen molar-refractivity contribution in [3.05, 3.63) is 28.8 Å². The van der Waals surface area contributed by atoms with E-state index in [1.807, 2.05) is 0 Å². The fourth-order valence-electron chi connectivity index (χ4n) is 2.79. The summed E-state index contributed by atoms with van der Waals surface area (Å²) in [4.78, 5) is 1.70. The Bertz CT molecular complexity index is 409. The van der Waals surface area contributed by atoms with Crippen LogP contribution in [0.1, 0.15) is 29.5 Å². The first-order valence-electron chi connectivity index (χ1n) is 6.91. The quantitative estimate of drug-likeness (QED) is 0.785. The van der Waals surface area contributed by atoms with E-state index in [9.17, 15) is 0 Å². The number of hydrogen-bond acceptors (Lipinski definition) is 1. The molecule has 1 heterocycles. The fourth-order valence-corrected chi connectivity index (χ4v) is 2.79. The van der Waals surface area contributed by atoms with E-state index in [4.69, 9.17) is 4.74 Å². The second-order valence-corrected chi connectivity index (χ2v) is 5.62. The molecule has 0 bridgehead atoms. The fraction of sp³-hybridized carbons (Fsp3) is 0.600. The number of rotatable bonds is 3. The van der Waals surface area contributed by atoms with Crippen molar-refractivity contribution in [2.24, 2.45) is 0 Å². The van der Waals surface area contributed by atoms with Gasteiger partial charge in [-0.15, -0.1) is 0 Å². The summed E-state index contributed by atoms with van der Waals surface area (Å²) in [5.74, 6) is 1.00. The van der Waals surface area contributed by atoms with E-state index in [1.54, 1.807) is 12.0 Å². The highest BCUT2D eigenvalue weighted by atomic mass is 16.5. The maximum atomic E-state index is 5.37. The van der Waals surface area contributed by atoms with Crippen LogP contribution in [0.25, 0.3) is 0 Å². The molecule has 1 aromatic rings. The molecule has 1 fully saturated rings. The summed E-state index contributed by atoms with van der Waals surface area (Å²) < 4.78 is 5.37. The van der Waals surface area contributed by atoms with Crippen LogP contribution in [0.15, 0.2) is 12.1 Å². The number of piperidine rings is 1. The van der Waals surface area contributed by atoms with Gasteiger partial charge in [-0.05, 0) is 37.1 Å². The van der Waals surface area contributed by atoms with Crippen molar-refractivity contribution < 1.29 is 15.4 Å². The molecule has 2 rings (SSSR count). The maximum Gasteiger partial charge on any atom is 0.122 e. The first-order valence-corrected chi connectivity index (χ1v) is 6.91. The molecule has 1 aliphatic heterocycles. The van der Waals surface area contributed by atoms with Gasteiger partial charge in [0.1, 0.15) is 12.3 Å². The van der Waals surface area contributed by atoms with Gasteiger partial charge >= 0.3 is 0 Å². The molecule has 3 heteroatoms. The monoisotopic (exact) mass is 250 g/mol. The Balaban J connectivity index is 2.07. The number of nitrogens with one attached hydrogen (secondary N) is 1. The molecule has 0 unspecified atom stereocenters. The van der Waals surface area contributed by atoms with Gasteiger partial charge in [-0.1, -0.05) is 0 Å². The molecule has 100 valence electrons. The number of hydrogen-bond donors (Lipinski definition) is 2. The molecular weight excluding hydrogens is 224 g/mol. The maximum absolute atomic E-state index is 5.37. The molecule has 1 saturated heterocycles. The van der Waals surface area contributed by atoms with Crippen molar-refractivity contribution in [2.45, 2.75) is 39.3 Å². The largest absolute Gasteiger partial charge is 0.496 e. The summed E-state index contributed by atoms with van der Waals surface area (Å²) in [6.45, 7) is 7.98. The lowest BCUT2D eigenvalue weighted by atomic mass is 10.0. The highest BCUT2D eigenvalue weighted by Gasteiger charge is 2.22. The Kier molecular flexibility index (Phi) is 4.25. The summed E-state index contributed by atoms with van der Waals surface area (Å²) in [5.41, 5.74) is 8.22. The van der Waals surface area contributed by atoms with Crippen LogP contribution in [0.5, 0.6) is 5.75 Å². The SMILES string of the molecule is COc1cc(C)c(C[NH+]2CCC([NH3+])CC2)cc1C. The second kappa shape index (κ2) is 5.72. The predicted octanol–water partition coefficient (Wildman–Crippen LogP) is 0.101. The number of quaternary nitrogens is 2. The lowest BCUT2D eigenvalue weighted by Crippen LogP contribution is -3.12. The summed E-state index contributed by atoms with van der Waals surface area (Å²) in [6.07, 6.45) is 2.53. The Morgan fingerprint density at radius 1 is 1.22 bits per heavy atom. The molecule has 0 aliphatic carbocycles. The van der Waals surface area contributed by atoms with E-state index in [-0.39, 0.29) is 0 Å². The van der Waals surface area contributed by atoms with Gasteiger partial charge < -0.3 is 15.4 Å². The van der Waals surface area contributed by atoms with E-state index in [0.717, 1.165) is 12.3 Å². The average molecular weight is 250 g/mol. The predicted molar refractivity (Wildman–Crippen MR) is 72.8 cm³/mol. The van der Waals surface area contributed by atoms with Gasteiger partial charge in [0.2, 0.25) is 0 Å². The molecule has 1 aromatic carbocycles. The number of benzene rings is 1. The molecule has 4 N–H and O–H groups in total. The zero-order valence-corrected chi connectivity index (χ0v) is 11.9. The van der Waals surface area contributed by atoms with Crippen LogP contribution in [-0.2, 0) is 6.54 Å². The minimum Gasteiger partial charge on any atom is -0.496 e. The molecule has 3 nitrogen and oxygen atoms in total. The Morgan fingerprint density at radius 2 is 1.89 bits per heavy atom. The van der Waals surface area contributed by atoms with Gasteiger partial charge in [0.15, 0.2) is 0 Å². The van der Waals surface area contributed by atoms with Crippen LogP contribution in [-0.4, -0.2) is 26.2 Å². The van der Waals surface area contributed by atoms with Crippen LogP contribution < -0.4 is 15.4 Å². The van der Waals surface area contributed by atoms with E-state index < -0.39 is 0 Å². The molecule has 0 spiro atoms. The van der Waals surface area contributed by atoms with Gasteiger partial charge in [0.25, 0.3) is 0 Å². The Morgan fingerprint density at radius 3 is 2.50 bits per heavy atom. The van der Waals surface area contributed by atoms with Crippen LogP contribution in [0.2, 0.25) is 0 Å². The van der Waals surface area contributed by atoms with Crippen molar-refractivity contribution in [2.75, 3.05) is 20.2 Å². The van der Waals surface area contributed by atoms with Crippen LogP contribution in [0, 0.1) is 13.8 Å². The first-order chi connectivity index (χ1) is 8.60. The summed E-state index contributed by atoms with van der Waals surface area (Å²) in [7, 11) is 1.74. The highest BCUT2D eigenvalue weighted by molar-refractivity contribution is 5.41. The Hall–Kier alpha value is -1.06. The third-order valence-corrected chi connectivity index (χ3v) is 4.11. The van der Waals surface area contributed by atoms with Gasteiger partial charge in [-0.25, -0.2) is 0 Å². The lowest BCUT2D eigenvalue weighted by molar-refractivity contribution is -0.922. The number of ether oxygens (including phenoxy) is 1. The molecule has 0 amide bonds. The lowest BCUT2D eigenvalue weighted by Gasteiger charge is -2.26. The van der Waals surface area contributed by atoms with Crippen LogP contribution in [0.4, 0.5) is 0 Å². The highest BCUT2D eigenvalue weighted by Crippen LogP contribution is 2.22. The van der Waals surface area contributed by atoms with E-state index >= 15 is 0 Å². The smallest absolute Gasteiger partial charge is 0.122 e. The molecule has 0 saturated carbocycles.